The van der Waals surface area contributed by atoms with Gasteiger partial charge in [0.2, 0.25) is 0 Å². The van der Waals surface area contributed by atoms with Crippen molar-refractivity contribution < 1.29 is 19.6 Å². The molecule has 1 heterocycles. The number of aldehydes is 1. The number of thiol groups is 1. The molecule has 0 saturated carbocycles. The minimum Gasteiger partial charge on any atom is -0.423 e. The first-order valence-corrected chi connectivity index (χ1v) is 4.59. The topological polar surface area (TPSA) is 74.6 Å². The summed E-state index contributed by atoms with van der Waals surface area (Å²) in [6.07, 6.45) is 3.39. The second kappa shape index (κ2) is 3.71. The molecule has 1 unspecified atom stereocenters. The SMILES string of the molecule is O=CC1=CC=C(B(O)O)[SH]1C=O. The van der Waals surface area contributed by atoms with E-state index < -0.39 is 18.0 Å². The van der Waals surface area contributed by atoms with Crippen LogP contribution in [0, 0.1) is 0 Å². The van der Waals surface area contributed by atoms with Crippen LogP contribution < -0.4 is 0 Å². The highest BCUT2D eigenvalue weighted by Crippen LogP contribution is 2.44. The number of carbonyl (C=O) groups excluding carboxylic acids is 2. The van der Waals surface area contributed by atoms with Crippen LogP contribution in [0.15, 0.2) is 21.9 Å². The van der Waals surface area contributed by atoms with Gasteiger partial charge in [-0.1, -0.05) is 6.08 Å². The van der Waals surface area contributed by atoms with E-state index in [1.54, 1.807) is 0 Å². The summed E-state index contributed by atoms with van der Waals surface area (Å²) in [7, 11) is -3.08. The van der Waals surface area contributed by atoms with E-state index in [0.29, 0.717) is 16.8 Å². The van der Waals surface area contributed by atoms with Crippen molar-refractivity contribution in [3.8, 4) is 0 Å². The van der Waals surface area contributed by atoms with E-state index >= 15 is 0 Å². The van der Waals surface area contributed by atoms with Crippen molar-refractivity contribution in [1.82, 2.24) is 0 Å². The number of allylic oxidation sites excluding steroid dienone is 3. The number of carbonyl (C=O) groups is 2. The lowest BCUT2D eigenvalue weighted by atomic mass is 9.91. The Morgan fingerprint density at radius 1 is 1.33 bits per heavy atom. The van der Waals surface area contributed by atoms with Crippen molar-refractivity contribution in [3.05, 3.63) is 21.9 Å². The van der Waals surface area contributed by atoms with Crippen LogP contribution in [0.2, 0.25) is 0 Å². The standard InChI is InChI=1S/C6H7BO4S/c8-3-5-1-2-6(7(10)11)12(5)4-9/h1-4,10-12H. The summed E-state index contributed by atoms with van der Waals surface area (Å²) in [5, 5.41) is 17.5. The molecule has 0 saturated heterocycles. The molecule has 0 aliphatic carbocycles. The van der Waals surface area contributed by atoms with E-state index in [0.717, 1.165) is 0 Å². The summed E-state index contributed by atoms with van der Waals surface area (Å²) in [5.74, 6) is 0. The number of hydrogen-bond donors (Lipinski definition) is 3. The Morgan fingerprint density at radius 2 is 2.00 bits per heavy atom. The van der Waals surface area contributed by atoms with Gasteiger partial charge in [-0.15, -0.1) is 10.9 Å². The third-order valence-corrected chi connectivity index (χ3v) is 3.43. The molecule has 4 nitrogen and oxygen atoms in total. The molecular formula is C6H7BO4S. The molecule has 0 aromatic rings. The summed E-state index contributed by atoms with van der Waals surface area (Å²) in [4.78, 5) is 21.3. The van der Waals surface area contributed by atoms with E-state index in [2.05, 4.69) is 0 Å². The van der Waals surface area contributed by atoms with Crippen LogP contribution >= 0.6 is 10.9 Å². The Balaban J connectivity index is 2.87. The van der Waals surface area contributed by atoms with Crippen molar-refractivity contribution >= 4 is 29.9 Å². The molecule has 0 aromatic carbocycles. The van der Waals surface area contributed by atoms with Crippen LogP contribution in [0.4, 0.5) is 0 Å². The molecule has 1 atom stereocenters. The molecule has 1 aliphatic heterocycles. The second-order valence-corrected chi connectivity index (χ2v) is 4.13. The quantitative estimate of drug-likeness (QED) is 0.305. The Morgan fingerprint density at radius 3 is 2.42 bits per heavy atom. The maximum atomic E-state index is 10.5. The van der Waals surface area contributed by atoms with Gasteiger partial charge < -0.3 is 10.0 Å². The van der Waals surface area contributed by atoms with Gasteiger partial charge >= 0.3 is 7.12 Å². The Kier molecular flexibility index (Phi) is 2.85. The predicted octanol–water partition coefficient (Wildman–Crippen LogP) is -0.830. The van der Waals surface area contributed by atoms with Gasteiger partial charge in [0.25, 0.3) is 0 Å². The van der Waals surface area contributed by atoms with Gasteiger partial charge in [0.15, 0.2) is 11.9 Å². The summed E-state index contributed by atoms with van der Waals surface area (Å²) < 4.78 is 0. The summed E-state index contributed by atoms with van der Waals surface area (Å²) in [6.45, 7) is 0. The van der Waals surface area contributed by atoms with Crippen LogP contribution in [0.3, 0.4) is 0 Å². The highest BCUT2D eigenvalue weighted by molar-refractivity contribution is 8.36. The maximum Gasteiger partial charge on any atom is 0.494 e. The molecule has 0 aromatic heterocycles. The minimum atomic E-state index is -1.64. The van der Waals surface area contributed by atoms with Crippen molar-refractivity contribution in [2.24, 2.45) is 0 Å². The fourth-order valence-corrected chi connectivity index (χ4v) is 2.28. The third kappa shape index (κ3) is 1.50. The largest absolute Gasteiger partial charge is 0.494 e. The first-order valence-electron chi connectivity index (χ1n) is 3.18. The van der Waals surface area contributed by atoms with Gasteiger partial charge in [-0.2, -0.15) is 0 Å². The van der Waals surface area contributed by atoms with Gasteiger partial charge in [0, 0.05) is 9.71 Å². The van der Waals surface area contributed by atoms with E-state index in [-0.39, 0.29) is 4.80 Å². The van der Waals surface area contributed by atoms with E-state index in [1.807, 2.05) is 0 Å². The lowest BCUT2D eigenvalue weighted by Crippen LogP contribution is -2.15. The molecule has 1 rings (SSSR count). The Hall–Kier alpha value is -0.845. The molecule has 0 radical (unpaired) electrons. The van der Waals surface area contributed by atoms with Crippen molar-refractivity contribution in [2.75, 3.05) is 0 Å². The smallest absolute Gasteiger partial charge is 0.423 e. The first kappa shape index (κ1) is 9.24. The molecule has 2 N–H and O–H groups in total. The maximum absolute atomic E-state index is 10.5. The minimum absolute atomic E-state index is 0.210. The highest BCUT2D eigenvalue weighted by atomic mass is 32.2. The fourth-order valence-electron chi connectivity index (χ4n) is 0.909. The van der Waals surface area contributed by atoms with Crippen LogP contribution in [0.1, 0.15) is 0 Å². The molecule has 0 fully saturated rings. The molecule has 12 heavy (non-hydrogen) atoms. The third-order valence-electron chi connectivity index (χ3n) is 1.47. The van der Waals surface area contributed by atoms with Crippen LogP contribution in [0.25, 0.3) is 0 Å². The molecule has 64 valence electrons. The lowest BCUT2D eigenvalue weighted by molar-refractivity contribution is -0.104. The van der Waals surface area contributed by atoms with Gasteiger partial charge in [0.1, 0.15) is 0 Å². The molecule has 0 bridgehead atoms. The lowest BCUT2D eigenvalue weighted by Gasteiger charge is -2.11. The molecule has 1 aliphatic rings. The van der Waals surface area contributed by atoms with Gasteiger partial charge in [-0.25, -0.2) is 0 Å². The monoisotopic (exact) mass is 186 g/mol. The Labute approximate surface area is 72.1 Å². The average Bonchev–Trinajstić information content (AvgIpc) is 2.46. The first-order chi connectivity index (χ1) is 5.70. The molecule has 0 spiro atoms. The zero-order chi connectivity index (χ0) is 9.14. The summed E-state index contributed by atoms with van der Waals surface area (Å²) in [5.41, 5.74) is 0.577. The highest BCUT2D eigenvalue weighted by Gasteiger charge is 2.26. The number of rotatable bonds is 3. The molecular weight excluding hydrogens is 179 g/mol. The fraction of sp³-hybridized carbons (Fsp3) is 0. The van der Waals surface area contributed by atoms with E-state index in [4.69, 9.17) is 10.0 Å². The Bertz CT molecular complexity index is 271. The second-order valence-electron chi connectivity index (χ2n) is 2.15. The zero-order valence-corrected chi connectivity index (χ0v) is 6.94. The van der Waals surface area contributed by atoms with Crippen LogP contribution in [-0.4, -0.2) is 29.1 Å². The molecule has 6 heteroatoms. The predicted molar refractivity (Wildman–Crippen MR) is 48.2 cm³/mol. The summed E-state index contributed by atoms with van der Waals surface area (Å²) >= 11 is 0. The number of hydrogen-bond acceptors (Lipinski definition) is 4. The normalized spacial score (nSPS) is 24.3. The van der Waals surface area contributed by atoms with Crippen molar-refractivity contribution in [3.63, 3.8) is 0 Å². The van der Waals surface area contributed by atoms with Crippen molar-refractivity contribution in [1.29, 1.82) is 0 Å². The van der Waals surface area contributed by atoms with Crippen LogP contribution in [-0.2, 0) is 9.59 Å². The van der Waals surface area contributed by atoms with Crippen molar-refractivity contribution in [2.45, 2.75) is 0 Å². The van der Waals surface area contributed by atoms with Gasteiger partial charge in [-0.3, -0.25) is 9.59 Å². The average molecular weight is 186 g/mol. The molecule has 0 amide bonds. The van der Waals surface area contributed by atoms with E-state index in [9.17, 15) is 9.59 Å². The van der Waals surface area contributed by atoms with E-state index in [1.165, 1.54) is 12.2 Å². The van der Waals surface area contributed by atoms with Gasteiger partial charge in [0.05, 0.1) is 0 Å². The zero-order valence-electron chi connectivity index (χ0n) is 6.04. The van der Waals surface area contributed by atoms with Crippen LogP contribution in [0.5, 0.6) is 0 Å². The summed E-state index contributed by atoms with van der Waals surface area (Å²) in [6, 6.07) is 0. The van der Waals surface area contributed by atoms with Gasteiger partial charge in [-0.05, 0) is 6.08 Å².